The average molecular weight is 661 g/mol. The van der Waals surface area contributed by atoms with Crippen molar-refractivity contribution in [2.75, 3.05) is 6.61 Å². The highest BCUT2D eigenvalue weighted by molar-refractivity contribution is 5.97. The molecule has 3 aliphatic rings. The maximum absolute atomic E-state index is 13.9. The van der Waals surface area contributed by atoms with Gasteiger partial charge in [-0.3, -0.25) is 4.79 Å². The van der Waals surface area contributed by atoms with Gasteiger partial charge in [0.15, 0.2) is 5.78 Å². The van der Waals surface area contributed by atoms with E-state index < -0.39 is 29.4 Å². The Morgan fingerprint density at radius 3 is 2.60 bits per heavy atom. The fraction of sp³-hybridized carbons (Fsp3) is 0.585. The van der Waals surface area contributed by atoms with E-state index in [0.717, 1.165) is 53.5 Å². The van der Waals surface area contributed by atoms with Crippen molar-refractivity contribution < 1.29 is 25.2 Å². The van der Waals surface area contributed by atoms with E-state index >= 15 is 0 Å². The molecule has 7 atom stereocenters. The summed E-state index contributed by atoms with van der Waals surface area (Å²) in [5.74, 6) is -0.565. The minimum Gasteiger partial charge on any atom is -0.396 e. The predicted octanol–water partition coefficient (Wildman–Crippen LogP) is 6.28. The number of nitrogens with two attached hydrogens (primary N) is 2. The molecule has 0 aromatic heterocycles. The van der Waals surface area contributed by atoms with Gasteiger partial charge in [-0.25, -0.2) is 0 Å². The number of aliphatic hydroxyl groups is 4. The Balaban J connectivity index is 1.72. The summed E-state index contributed by atoms with van der Waals surface area (Å²) in [6.45, 7) is 12.1. The summed E-state index contributed by atoms with van der Waals surface area (Å²) in [7, 11) is 0. The fourth-order valence-corrected chi connectivity index (χ4v) is 9.05. The lowest BCUT2D eigenvalue weighted by molar-refractivity contribution is -0.168. The Hall–Kier alpha value is -2.65. The molecule has 3 saturated carbocycles. The molecule has 3 fully saturated rings. The quantitative estimate of drug-likeness (QED) is 0.0669. The summed E-state index contributed by atoms with van der Waals surface area (Å²) >= 11 is 0. The van der Waals surface area contributed by atoms with E-state index in [-0.39, 0.29) is 36.6 Å². The second-order valence-electron chi connectivity index (χ2n) is 15.1. The van der Waals surface area contributed by atoms with Crippen molar-refractivity contribution in [3.8, 4) is 0 Å². The summed E-state index contributed by atoms with van der Waals surface area (Å²) < 4.78 is 0. The van der Waals surface area contributed by atoms with Gasteiger partial charge < -0.3 is 31.9 Å². The molecule has 0 radical (unpaired) electrons. The van der Waals surface area contributed by atoms with Gasteiger partial charge in [-0.1, -0.05) is 78.3 Å². The summed E-state index contributed by atoms with van der Waals surface area (Å²) in [6.07, 6.45) is 12.7. The van der Waals surface area contributed by atoms with Crippen LogP contribution in [0.2, 0.25) is 0 Å². The summed E-state index contributed by atoms with van der Waals surface area (Å²) in [6, 6.07) is 7.48. The smallest absolute Gasteiger partial charge is 0.162 e. The lowest BCUT2D eigenvalue weighted by Crippen LogP contribution is -2.59. The van der Waals surface area contributed by atoms with Crippen molar-refractivity contribution in [1.29, 1.82) is 0 Å². The second-order valence-corrected chi connectivity index (χ2v) is 15.1. The van der Waals surface area contributed by atoms with Gasteiger partial charge in [0.05, 0.1) is 24.0 Å². The van der Waals surface area contributed by atoms with Gasteiger partial charge in [0, 0.05) is 24.4 Å². The molecule has 3 aliphatic carbocycles. The predicted molar refractivity (Wildman–Crippen MR) is 194 cm³/mol. The van der Waals surface area contributed by atoms with Crippen LogP contribution in [-0.2, 0) is 11.2 Å². The van der Waals surface area contributed by atoms with Crippen LogP contribution in [0.1, 0.15) is 109 Å². The third-order valence-electron chi connectivity index (χ3n) is 11.6. The van der Waals surface area contributed by atoms with Crippen molar-refractivity contribution in [2.45, 2.75) is 122 Å². The number of ketones is 1. The molecule has 7 unspecified atom stereocenters. The van der Waals surface area contributed by atoms with Crippen molar-refractivity contribution in [3.05, 3.63) is 94.1 Å². The van der Waals surface area contributed by atoms with E-state index in [1.807, 2.05) is 56.3 Å². The van der Waals surface area contributed by atoms with Crippen molar-refractivity contribution in [3.63, 3.8) is 0 Å². The number of aliphatic hydroxyl groups excluding tert-OH is 3. The second kappa shape index (κ2) is 16.4. The van der Waals surface area contributed by atoms with Gasteiger partial charge in [0.25, 0.3) is 0 Å². The van der Waals surface area contributed by atoms with Crippen LogP contribution in [0, 0.1) is 23.2 Å². The molecule has 0 heterocycles. The van der Waals surface area contributed by atoms with Gasteiger partial charge in [-0.15, -0.1) is 0 Å². The zero-order chi connectivity index (χ0) is 35.2. The molecule has 0 saturated heterocycles. The molecule has 0 amide bonds. The SMILES string of the molecule is C=C(C=CC=C1C(O)CCCC2CC3(C(CCCO)C(=C(C)C(=O)Cc4cccc(C(N)N)c4)CCC3(C)O)C(O)C12)CCC=C(C)C. The van der Waals surface area contributed by atoms with E-state index in [2.05, 4.69) is 26.5 Å². The molecule has 0 aliphatic heterocycles. The Kier molecular flexibility index (Phi) is 13.0. The van der Waals surface area contributed by atoms with Crippen LogP contribution in [0.3, 0.4) is 0 Å². The number of hydrogen-bond donors (Lipinski definition) is 6. The summed E-state index contributed by atoms with van der Waals surface area (Å²) in [5.41, 5.74) is 16.0. The van der Waals surface area contributed by atoms with E-state index in [1.54, 1.807) is 0 Å². The number of allylic oxidation sites excluding steroid dienone is 8. The highest BCUT2D eigenvalue weighted by Gasteiger charge is 2.67. The van der Waals surface area contributed by atoms with E-state index in [9.17, 15) is 25.2 Å². The minimum atomic E-state index is -1.21. The normalized spacial score (nSPS) is 32.5. The van der Waals surface area contributed by atoms with E-state index in [1.165, 1.54) is 5.57 Å². The number of Topliss-reactive ketones (excluding diaryl/α,β-unsaturated/α-hetero) is 1. The number of hydrogen-bond acceptors (Lipinski definition) is 7. The number of fused-ring (bicyclic) bond motifs is 1. The summed E-state index contributed by atoms with van der Waals surface area (Å²) in [5, 5.41) is 46.3. The maximum atomic E-state index is 13.9. The lowest BCUT2D eigenvalue weighted by Gasteiger charge is -2.56. The highest BCUT2D eigenvalue weighted by atomic mass is 16.3. The standard InChI is InChI=1S/C41H60N2O5/c1-26(2)11-6-12-27(3)13-7-17-33-35(45)19-9-16-31-25-41(38(47)37(31)33)34(18-10-22-44)32(20-21-40(41,5)48)28(4)36(46)24-29-14-8-15-30(23-29)39(42)43/h7-8,11,13-15,17,23,31,34-35,37-39,44-45,47-48H,3,6,9-10,12,16,18-22,24-25,42-43H2,1-2,4-5H3. The van der Waals surface area contributed by atoms with Gasteiger partial charge in [-0.2, -0.15) is 0 Å². The molecule has 1 aromatic carbocycles. The van der Waals surface area contributed by atoms with Crippen LogP contribution >= 0.6 is 0 Å². The third-order valence-corrected chi connectivity index (χ3v) is 11.6. The maximum Gasteiger partial charge on any atom is 0.162 e. The zero-order valence-electron chi connectivity index (χ0n) is 29.6. The van der Waals surface area contributed by atoms with Crippen LogP contribution in [-0.4, -0.2) is 50.6 Å². The molecule has 4 rings (SSSR count). The van der Waals surface area contributed by atoms with Gasteiger partial charge >= 0.3 is 0 Å². The molecule has 48 heavy (non-hydrogen) atoms. The molecule has 264 valence electrons. The van der Waals surface area contributed by atoms with Crippen molar-refractivity contribution in [2.24, 2.45) is 34.6 Å². The Bertz CT molecular complexity index is 1430. The van der Waals surface area contributed by atoms with Crippen molar-refractivity contribution in [1.82, 2.24) is 0 Å². The van der Waals surface area contributed by atoms with Gasteiger partial charge in [-0.05, 0) is 120 Å². The van der Waals surface area contributed by atoms with Crippen LogP contribution in [0.25, 0.3) is 0 Å². The number of rotatable bonds is 12. The van der Waals surface area contributed by atoms with Crippen molar-refractivity contribution >= 4 is 5.78 Å². The Labute approximate surface area is 288 Å². The molecular formula is C41H60N2O5. The van der Waals surface area contributed by atoms with E-state index in [4.69, 9.17) is 11.5 Å². The first-order valence-corrected chi connectivity index (χ1v) is 17.9. The first-order chi connectivity index (χ1) is 22.7. The molecule has 7 nitrogen and oxygen atoms in total. The number of carbonyl (C=O) groups excluding carboxylic acids is 1. The van der Waals surface area contributed by atoms with Gasteiger partial charge in [0.1, 0.15) is 0 Å². The fourth-order valence-electron chi connectivity index (χ4n) is 9.05. The zero-order valence-corrected chi connectivity index (χ0v) is 29.6. The first kappa shape index (κ1) is 38.2. The molecule has 7 heteroatoms. The third kappa shape index (κ3) is 8.20. The van der Waals surface area contributed by atoms with E-state index in [0.29, 0.717) is 44.1 Å². The molecule has 1 spiro atoms. The van der Waals surface area contributed by atoms with Crippen LogP contribution < -0.4 is 11.5 Å². The van der Waals surface area contributed by atoms with Crippen LogP contribution in [0.4, 0.5) is 0 Å². The largest absolute Gasteiger partial charge is 0.396 e. The summed E-state index contributed by atoms with van der Waals surface area (Å²) in [4.78, 5) is 13.9. The number of benzene rings is 1. The van der Waals surface area contributed by atoms with Gasteiger partial charge in [0.2, 0.25) is 0 Å². The molecular weight excluding hydrogens is 600 g/mol. The number of carbonyl (C=O) groups is 1. The monoisotopic (exact) mass is 660 g/mol. The topological polar surface area (TPSA) is 150 Å². The first-order valence-electron chi connectivity index (χ1n) is 17.9. The highest BCUT2D eigenvalue weighted by Crippen LogP contribution is 2.66. The minimum absolute atomic E-state index is 0.00824. The molecule has 8 N–H and O–H groups in total. The molecule has 0 bridgehead atoms. The Morgan fingerprint density at radius 2 is 1.92 bits per heavy atom. The average Bonchev–Trinajstić information content (AvgIpc) is 3.22. The Morgan fingerprint density at radius 1 is 1.17 bits per heavy atom. The lowest BCUT2D eigenvalue weighted by atomic mass is 9.52. The van der Waals surface area contributed by atoms with Crippen LogP contribution in [0.15, 0.2) is 83.0 Å². The molecule has 1 aromatic rings. The van der Waals surface area contributed by atoms with Crippen LogP contribution in [0.5, 0.6) is 0 Å².